The van der Waals surface area contributed by atoms with E-state index in [4.69, 9.17) is 0 Å². The molecule has 78 valence electrons. The minimum absolute atomic E-state index is 0.114. The van der Waals surface area contributed by atoms with E-state index in [1.807, 2.05) is 6.07 Å². The molecule has 0 unspecified atom stereocenters. The molecule has 5 nitrogen and oxygen atoms in total. The predicted octanol–water partition coefficient (Wildman–Crippen LogP) is 1.45. The van der Waals surface area contributed by atoms with Gasteiger partial charge in [-0.05, 0) is 12.1 Å². The number of carbonyl (C=O) groups is 1. The second kappa shape index (κ2) is 3.30. The van der Waals surface area contributed by atoms with Gasteiger partial charge in [0, 0.05) is 30.2 Å². The van der Waals surface area contributed by atoms with Crippen LogP contribution in [-0.4, -0.2) is 25.4 Å². The number of hydrogen-bond acceptors (Lipinski definition) is 3. The number of fused-ring (bicyclic) bond motifs is 1. The molecular formula is C11H8N4O. The lowest BCUT2D eigenvalue weighted by Crippen LogP contribution is -2.08. The third-order valence-electron chi connectivity index (χ3n) is 2.42. The maximum absolute atomic E-state index is 12.1. The SMILES string of the molecule is O=C(c1c[nH]c2ncccc12)n1ccnc1. The van der Waals surface area contributed by atoms with Gasteiger partial charge in [-0.15, -0.1) is 0 Å². The van der Waals surface area contributed by atoms with Gasteiger partial charge < -0.3 is 4.98 Å². The Kier molecular flexibility index (Phi) is 1.83. The zero-order valence-electron chi connectivity index (χ0n) is 8.29. The van der Waals surface area contributed by atoms with Gasteiger partial charge >= 0.3 is 0 Å². The Morgan fingerprint density at radius 1 is 1.38 bits per heavy atom. The molecule has 0 atom stereocenters. The smallest absolute Gasteiger partial charge is 0.265 e. The minimum Gasteiger partial charge on any atom is -0.345 e. The zero-order chi connectivity index (χ0) is 11.0. The maximum Gasteiger partial charge on any atom is 0.265 e. The van der Waals surface area contributed by atoms with Gasteiger partial charge in [-0.1, -0.05) is 0 Å². The van der Waals surface area contributed by atoms with Gasteiger partial charge in [0.1, 0.15) is 12.0 Å². The summed E-state index contributed by atoms with van der Waals surface area (Å²) < 4.78 is 1.44. The molecule has 3 aromatic rings. The first kappa shape index (κ1) is 8.84. The molecule has 0 saturated heterocycles. The molecule has 0 aliphatic carbocycles. The van der Waals surface area contributed by atoms with Crippen LogP contribution in [-0.2, 0) is 0 Å². The van der Waals surface area contributed by atoms with Crippen LogP contribution in [0.1, 0.15) is 10.4 Å². The van der Waals surface area contributed by atoms with E-state index in [1.165, 1.54) is 10.9 Å². The number of carbonyl (C=O) groups excluding carboxylic acids is 1. The second-order valence-electron chi connectivity index (χ2n) is 3.38. The number of aromatic nitrogens is 4. The van der Waals surface area contributed by atoms with Crippen molar-refractivity contribution in [2.45, 2.75) is 0 Å². The summed E-state index contributed by atoms with van der Waals surface area (Å²) in [5, 5.41) is 0.821. The van der Waals surface area contributed by atoms with Crippen LogP contribution in [0.4, 0.5) is 0 Å². The van der Waals surface area contributed by atoms with Crippen molar-refractivity contribution >= 4 is 16.9 Å². The molecule has 16 heavy (non-hydrogen) atoms. The fourth-order valence-corrected chi connectivity index (χ4v) is 1.65. The van der Waals surface area contributed by atoms with Crippen LogP contribution in [0.5, 0.6) is 0 Å². The van der Waals surface area contributed by atoms with E-state index < -0.39 is 0 Å². The highest BCUT2D eigenvalue weighted by Crippen LogP contribution is 2.16. The van der Waals surface area contributed by atoms with E-state index in [2.05, 4.69) is 15.0 Å². The lowest BCUT2D eigenvalue weighted by molar-refractivity contribution is 0.0961. The average Bonchev–Trinajstić information content (AvgIpc) is 2.98. The molecule has 3 rings (SSSR count). The molecule has 0 fully saturated rings. The number of H-pyrrole nitrogens is 1. The average molecular weight is 212 g/mol. The van der Waals surface area contributed by atoms with E-state index in [1.54, 1.807) is 30.9 Å². The van der Waals surface area contributed by atoms with Gasteiger partial charge in [0.2, 0.25) is 0 Å². The minimum atomic E-state index is -0.114. The van der Waals surface area contributed by atoms with Crippen molar-refractivity contribution in [1.29, 1.82) is 0 Å². The van der Waals surface area contributed by atoms with Crippen molar-refractivity contribution in [2.24, 2.45) is 0 Å². The van der Waals surface area contributed by atoms with Crippen molar-refractivity contribution in [3.8, 4) is 0 Å². The summed E-state index contributed by atoms with van der Waals surface area (Å²) in [7, 11) is 0. The van der Waals surface area contributed by atoms with E-state index in [-0.39, 0.29) is 5.91 Å². The topological polar surface area (TPSA) is 63.6 Å². The van der Waals surface area contributed by atoms with Crippen molar-refractivity contribution in [2.75, 3.05) is 0 Å². The highest BCUT2D eigenvalue weighted by molar-refractivity contribution is 6.06. The molecule has 0 radical (unpaired) electrons. The van der Waals surface area contributed by atoms with Crippen LogP contribution in [0.25, 0.3) is 11.0 Å². The number of aromatic amines is 1. The summed E-state index contributed by atoms with van der Waals surface area (Å²) in [6.07, 6.45) is 8.03. The van der Waals surface area contributed by atoms with Gasteiger partial charge in [-0.25, -0.2) is 9.97 Å². The summed E-state index contributed by atoms with van der Waals surface area (Å²) in [5.41, 5.74) is 1.31. The van der Waals surface area contributed by atoms with Crippen molar-refractivity contribution in [3.63, 3.8) is 0 Å². The van der Waals surface area contributed by atoms with Crippen LogP contribution in [0, 0.1) is 0 Å². The molecule has 0 spiro atoms. The highest BCUT2D eigenvalue weighted by Gasteiger charge is 2.13. The van der Waals surface area contributed by atoms with Crippen molar-refractivity contribution < 1.29 is 4.79 Å². The monoisotopic (exact) mass is 212 g/mol. The molecule has 0 bridgehead atoms. The second-order valence-corrected chi connectivity index (χ2v) is 3.38. The van der Waals surface area contributed by atoms with Crippen LogP contribution in [0.3, 0.4) is 0 Å². The highest BCUT2D eigenvalue weighted by atomic mass is 16.2. The van der Waals surface area contributed by atoms with E-state index in [0.29, 0.717) is 11.2 Å². The largest absolute Gasteiger partial charge is 0.345 e. The third-order valence-corrected chi connectivity index (χ3v) is 2.42. The van der Waals surface area contributed by atoms with Gasteiger partial charge in [-0.3, -0.25) is 9.36 Å². The molecule has 0 aliphatic rings. The summed E-state index contributed by atoms with van der Waals surface area (Å²) >= 11 is 0. The van der Waals surface area contributed by atoms with Crippen LogP contribution < -0.4 is 0 Å². The van der Waals surface area contributed by atoms with Gasteiger partial charge in [0.05, 0.1) is 5.56 Å². The van der Waals surface area contributed by atoms with E-state index >= 15 is 0 Å². The molecule has 3 heterocycles. The Bertz CT molecular complexity index is 639. The first-order chi connectivity index (χ1) is 7.86. The van der Waals surface area contributed by atoms with Crippen LogP contribution >= 0.6 is 0 Å². The molecule has 1 N–H and O–H groups in total. The molecule has 0 saturated carbocycles. The quantitative estimate of drug-likeness (QED) is 0.664. The number of imidazole rings is 1. The molecular weight excluding hydrogens is 204 g/mol. The summed E-state index contributed by atoms with van der Waals surface area (Å²) in [6, 6.07) is 3.67. The Morgan fingerprint density at radius 3 is 3.12 bits per heavy atom. The summed E-state index contributed by atoms with van der Waals surface area (Å²) in [6.45, 7) is 0. The number of pyridine rings is 1. The first-order valence-electron chi connectivity index (χ1n) is 4.81. The standard InChI is InChI=1S/C11H8N4O/c16-11(15-5-4-12-7-15)9-6-14-10-8(9)2-1-3-13-10/h1-7H,(H,13,14). The molecule has 0 aromatic carbocycles. The van der Waals surface area contributed by atoms with Crippen molar-refractivity contribution in [1.82, 2.24) is 19.5 Å². The lowest BCUT2D eigenvalue weighted by atomic mass is 10.2. The molecule has 3 aromatic heterocycles. The maximum atomic E-state index is 12.1. The first-order valence-corrected chi connectivity index (χ1v) is 4.81. The summed E-state index contributed by atoms with van der Waals surface area (Å²) in [4.78, 5) is 23.0. The number of nitrogens with zero attached hydrogens (tertiary/aromatic N) is 3. The Morgan fingerprint density at radius 2 is 2.31 bits per heavy atom. The zero-order valence-corrected chi connectivity index (χ0v) is 8.29. The van der Waals surface area contributed by atoms with E-state index in [9.17, 15) is 4.79 Å². The Balaban J connectivity index is 2.16. The lowest BCUT2D eigenvalue weighted by Gasteiger charge is -1.98. The predicted molar refractivity (Wildman–Crippen MR) is 58.0 cm³/mol. The van der Waals surface area contributed by atoms with Gasteiger partial charge in [0.15, 0.2) is 0 Å². The fourth-order valence-electron chi connectivity index (χ4n) is 1.65. The van der Waals surface area contributed by atoms with Gasteiger partial charge in [-0.2, -0.15) is 0 Å². The van der Waals surface area contributed by atoms with Gasteiger partial charge in [0.25, 0.3) is 5.91 Å². The third kappa shape index (κ3) is 1.22. The number of nitrogens with one attached hydrogen (secondary N) is 1. The summed E-state index contributed by atoms with van der Waals surface area (Å²) in [5.74, 6) is -0.114. The Labute approximate surface area is 90.8 Å². The number of rotatable bonds is 1. The molecule has 0 aliphatic heterocycles. The van der Waals surface area contributed by atoms with Crippen LogP contribution in [0.15, 0.2) is 43.2 Å². The Hall–Kier alpha value is -2.43. The number of hydrogen-bond donors (Lipinski definition) is 1. The fraction of sp³-hybridized carbons (Fsp3) is 0. The van der Waals surface area contributed by atoms with Crippen LogP contribution in [0.2, 0.25) is 0 Å². The molecule has 5 heteroatoms. The van der Waals surface area contributed by atoms with Crippen molar-refractivity contribution in [3.05, 3.63) is 48.8 Å². The van der Waals surface area contributed by atoms with E-state index in [0.717, 1.165) is 5.39 Å². The normalized spacial score (nSPS) is 10.8. The molecule has 0 amide bonds.